The first-order chi connectivity index (χ1) is 12.2. The molecule has 1 atom stereocenters. The average molecular weight is 341 g/mol. The molecule has 132 valence electrons. The zero-order valence-electron chi connectivity index (χ0n) is 14.2. The molecule has 6 heteroatoms. The second kappa shape index (κ2) is 6.50. The lowest BCUT2D eigenvalue weighted by molar-refractivity contribution is -0.153. The standard InChI is InChI=1S/C19H23N3O3/c23-17-12-15(19(25-17)8-3-1-4-9-19)18(24)20-10-7-14-13-22-11-5-2-6-16(22)21-14/h2,5-6,11,13,15H,1,3-4,7-10,12H2,(H,20,24). The molecule has 2 aromatic rings. The molecule has 2 aromatic heterocycles. The van der Waals surface area contributed by atoms with Gasteiger partial charge in [0.2, 0.25) is 5.91 Å². The Bertz CT molecular complexity index is 759. The Balaban J connectivity index is 1.37. The summed E-state index contributed by atoms with van der Waals surface area (Å²) in [5.74, 6) is -0.639. The fraction of sp³-hybridized carbons (Fsp3) is 0.526. The lowest BCUT2D eigenvalue weighted by Gasteiger charge is -2.36. The van der Waals surface area contributed by atoms with Crippen molar-refractivity contribution < 1.29 is 14.3 Å². The number of esters is 1. The first-order valence-corrected chi connectivity index (χ1v) is 9.08. The number of hydrogen-bond acceptors (Lipinski definition) is 4. The van der Waals surface area contributed by atoms with Crippen molar-refractivity contribution >= 4 is 17.5 Å². The summed E-state index contributed by atoms with van der Waals surface area (Å²) in [6, 6.07) is 5.87. The van der Waals surface area contributed by atoms with E-state index in [2.05, 4.69) is 10.3 Å². The van der Waals surface area contributed by atoms with Crippen molar-refractivity contribution in [1.82, 2.24) is 14.7 Å². The van der Waals surface area contributed by atoms with Crippen molar-refractivity contribution in [2.45, 2.75) is 50.5 Å². The molecule has 1 amide bonds. The Kier molecular flexibility index (Phi) is 4.19. The van der Waals surface area contributed by atoms with Crippen LogP contribution in [0.25, 0.3) is 5.65 Å². The quantitative estimate of drug-likeness (QED) is 0.866. The van der Waals surface area contributed by atoms with Gasteiger partial charge in [0.1, 0.15) is 11.2 Å². The number of pyridine rings is 1. The molecule has 25 heavy (non-hydrogen) atoms. The third-order valence-corrected chi connectivity index (χ3v) is 5.43. The number of carbonyl (C=O) groups is 2. The van der Waals surface area contributed by atoms with Gasteiger partial charge in [-0.1, -0.05) is 12.5 Å². The number of ether oxygens (including phenoxy) is 1. The minimum Gasteiger partial charge on any atom is -0.458 e. The molecular formula is C19H23N3O3. The molecule has 0 radical (unpaired) electrons. The van der Waals surface area contributed by atoms with Crippen LogP contribution in [0, 0.1) is 5.92 Å². The van der Waals surface area contributed by atoms with Crippen LogP contribution in [0.1, 0.15) is 44.2 Å². The van der Waals surface area contributed by atoms with Crippen molar-refractivity contribution in [3.63, 3.8) is 0 Å². The summed E-state index contributed by atoms with van der Waals surface area (Å²) in [5.41, 5.74) is 1.29. The summed E-state index contributed by atoms with van der Waals surface area (Å²) in [7, 11) is 0. The molecule has 0 aromatic carbocycles. The van der Waals surface area contributed by atoms with Gasteiger partial charge in [0.15, 0.2) is 0 Å². The minimum atomic E-state index is -0.553. The van der Waals surface area contributed by atoms with Gasteiger partial charge in [0.25, 0.3) is 0 Å². The second-order valence-electron chi connectivity index (χ2n) is 7.10. The van der Waals surface area contributed by atoms with Gasteiger partial charge in [-0.2, -0.15) is 0 Å². The summed E-state index contributed by atoms with van der Waals surface area (Å²) >= 11 is 0. The number of carbonyl (C=O) groups excluding carboxylic acids is 2. The zero-order valence-corrected chi connectivity index (χ0v) is 14.2. The zero-order chi connectivity index (χ0) is 17.3. The highest BCUT2D eigenvalue weighted by Crippen LogP contribution is 2.44. The molecule has 1 spiro atoms. The van der Waals surface area contributed by atoms with E-state index in [0.717, 1.165) is 43.4 Å². The fourth-order valence-electron chi connectivity index (χ4n) is 4.17. The van der Waals surface area contributed by atoms with Crippen molar-refractivity contribution in [3.8, 4) is 0 Å². The Morgan fingerprint density at radius 3 is 2.96 bits per heavy atom. The molecule has 1 N–H and O–H groups in total. The highest BCUT2D eigenvalue weighted by atomic mass is 16.6. The van der Waals surface area contributed by atoms with E-state index < -0.39 is 5.60 Å². The van der Waals surface area contributed by atoms with Crippen molar-refractivity contribution in [2.75, 3.05) is 6.54 Å². The van der Waals surface area contributed by atoms with E-state index in [0.29, 0.717) is 13.0 Å². The van der Waals surface area contributed by atoms with Crippen LogP contribution in [0.15, 0.2) is 30.6 Å². The number of rotatable bonds is 4. The minimum absolute atomic E-state index is 0.0588. The summed E-state index contributed by atoms with van der Waals surface area (Å²) in [6.07, 6.45) is 9.64. The summed E-state index contributed by atoms with van der Waals surface area (Å²) in [6.45, 7) is 0.517. The van der Waals surface area contributed by atoms with E-state index in [-0.39, 0.29) is 24.2 Å². The Hall–Kier alpha value is -2.37. The smallest absolute Gasteiger partial charge is 0.307 e. The topological polar surface area (TPSA) is 72.7 Å². The van der Waals surface area contributed by atoms with E-state index in [9.17, 15) is 9.59 Å². The Morgan fingerprint density at radius 2 is 2.16 bits per heavy atom. The van der Waals surface area contributed by atoms with Gasteiger partial charge in [-0.15, -0.1) is 0 Å². The number of amides is 1. The lowest BCUT2D eigenvalue weighted by Crippen LogP contribution is -2.46. The van der Waals surface area contributed by atoms with Gasteiger partial charge in [0, 0.05) is 25.4 Å². The molecule has 4 rings (SSSR count). The Labute approximate surface area is 146 Å². The molecule has 3 heterocycles. The SMILES string of the molecule is O=C1CC(C(=O)NCCc2cn3ccccc3n2)C2(CCCCC2)O1. The monoisotopic (exact) mass is 341 g/mol. The van der Waals surface area contributed by atoms with E-state index in [1.165, 1.54) is 0 Å². The fourth-order valence-corrected chi connectivity index (χ4v) is 4.17. The van der Waals surface area contributed by atoms with E-state index >= 15 is 0 Å². The average Bonchev–Trinajstić information content (AvgIpc) is 3.16. The van der Waals surface area contributed by atoms with E-state index in [1.54, 1.807) is 0 Å². The van der Waals surface area contributed by atoms with Crippen LogP contribution in [0.4, 0.5) is 0 Å². The van der Waals surface area contributed by atoms with Crippen LogP contribution in [0.2, 0.25) is 0 Å². The lowest BCUT2D eigenvalue weighted by atomic mass is 9.75. The number of hydrogen-bond donors (Lipinski definition) is 1. The molecule has 2 fully saturated rings. The van der Waals surface area contributed by atoms with Crippen LogP contribution in [0.5, 0.6) is 0 Å². The van der Waals surface area contributed by atoms with Crippen LogP contribution in [-0.4, -0.2) is 33.4 Å². The molecule has 1 saturated heterocycles. The maximum Gasteiger partial charge on any atom is 0.307 e. The van der Waals surface area contributed by atoms with Crippen LogP contribution >= 0.6 is 0 Å². The van der Waals surface area contributed by atoms with Crippen LogP contribution < -0.4 is 5.32 Å². The molecule has 1 aliphatic heterocycles. The molecule has 6 nitrogen and oxygen atoms in total. The normalized spacial score (nSPS) is 22.2. The molecular weight excluding hydrogens is 318 g/mol. The summed E-state index contributed by atoms with van der Waals surface area (Å²) in [4.78, 5) is 29.0. The maximum absolute atomic E-state index is 12.7. The Morgan fingerprint density at radius 1 is 1.32 bits per heavy atom. The molecule has 1 aliphatic carbocycles. The predicted molar refractivity (Wildman–Crippen MR) is 91.9 cm³/mol. The van der Waals surface area contributed by atoms with Crippen LogP contribution in [-0.2, 0) is 20.7 Å². The van der Waals surface area contributed by atoms with Gasteiger partial charge in [-0.3, -0.25) is 9.59 Å². The number of nitrogens with zero attached hydrogens (tertiary/aromatic N) is 2. The molecule has 1 unspecified atom stereocenters. The van der Waals surface area contributed by atoms with Gasteiger partial charge < -0.3 is 14.5 Å². The molecule has 2 aliphatic rings. The van der Waals surface area contributed by atoms with Crippen molar-refractivity contribution in [1.29, 1.82) is 0 Å². The summed E-state index contributed by atoms with van der Waals surface area (Å²) < 4.78 is 7.58. The third kappa shape index (κ3) is 3.13. The highest BCUT2D eigenvalue weighted by Gasteiger charge is 2.52. The number of nitrogens with one attached hydrogen (secondary N) is 1. The predicted octanol–water partition coefficient (Wildman–Crippen LogP) is 2.26. The van der Waals surface area contributed by atoms with Crippen LogP contribution in [0.3, 0.4) is 0 Å². The van der Waals surface area contributed by atoms with Gasteiger partial charge in [-0.05, 0) is 37.8 Å². The van der Waals surface area contributed by atoms with Crippen molar-refractivity contribution in [3.05, 3.63) is 36.3 Å². The first kappa shape index (κ1) is 16.1. The van der Waals surface area contributed by atoms with Gasteiger partial charge in [-0.25, -0.2) is 4.98 Å². The second-order valence-corrected chi connectivity index (χ2v) is 7.10. The number of aromatic nitrogens is 2. The van der Waals surface area contributed by atoms with Crippen molar-refractivity contribution in [2.24, 2.45) is 5.92 Å². The number of fused-ring (bicyclic) bond motifs is 1. The van der Waals surface area contributed by atoms with Gasteiger partial charge >= 0.3 is 5.97 Å². The van der Waals surface area contributed by atoms with E-state index in [1.807, 2.05) is 35.0 Å². The molecule has 0 bridgehead atoms. The van der Waals surface area contributed by atoms with Gasteiger partial charge in [0.05, 0.1) is 18.0 Å². The first-order valence-electron chi connectivity index (χ1n) is 9.08. The number of imidazole rings is 1. The largest absolute Gasteiger partial charge is 0.458 e. The maximum atomic E-state index is 12.7. The van der Waals surface area contributed by atoms with E-state index in [4.69, 9.17) is 4.74 Å². The molecule has 1 saturated carbocycles. The summed E-state index contributed by atoms with van der Waals surface area (Å²) in [5, 5.41) is 2.99. The highest BCUT2D eigenvalue weighted by molar-refractivity contribution is 5.87. The third-order valence-electron chi connectivity index (χ3n) is 5.43.